The summed E-state index contributed by atoms with van der Waals surface area (Å²) < 4.78 is 23.4. The predicted molar refractivity (Wildman–Crippen MR) is 145 cm³/mol. The van der Waals surface area contributed by atoms with E-state index in [-0.39, 0.29) is 30.9 Å². The molecule has 0 saturated carbocycles. The van der Waals surface area contributed by atoms with E-state index in [1.807, 2.05) is 42.5 Å². The fourth-order valence-corrected chi connectivity index (χ4v) is 4.64. The summed E-state index contributed by atoms with van der Waals surface area (Å²) in [5, 5.41) is 19.8. The molecule has 3 heterocycles. The number of nitriles is 1. The van der Waals surface area contributed by atoms with Gasteiger partial charge in [0.1, 0.15) is 40.7 Å². The van der Waals surface area contributed by atoms with Crippen LogP contribution in [0.5, 0.6) is 11.5 Å². The predicted octanol–water partition coefficient (Wildman–Crippen LogP) is 4.66. The number of likely N-dealkylation sites (N-methyl/N-ethyl adjacent to an activating group) is 1. The molecule has 1 fully saturated rings. The molecule has 1 N–H and O–H groups in total. The number of hydrogen-bond donors (Lipinski definition) is 1. The number of carbonyl (C=O) groups is 1. The van der Waals surface area contributed by atoms with Gasteiger partial charge in [-0.1, -0.05) is 24.3 Å². The van der Waals surface area contributed by atoms with Crippen molar-refractivity contribution in [2.24, 2.45) is 0 Å². The van der Waals surface area contributed by atoms with E-state index in [9.17, 15) is 10.1 Å². The van der Waals surface area contributed by atoms with Crippen molar-refractivity contribution in [2.45, 2.75) is 18.9 Å². The van der Waals surface area contributed by atoms with Gasteiger partial charge in [-0.05, 0) is 23.8 Å². The summed E-state index contributed by atoms with van der Waals surface area (Å²) in [4.78, 5) is 18.3. The van der Waals surface area contributed by atoms with E-state index in [0.717, 1.165) is 29.4 Å². The zero-order valence-electron chi connectivity index (χ0n) is 21.8. The average molecular weight is 528 g/mol. The van der Waals surface area contributed by atoms with Crippen LogP contribution in [0.1, 0.15) is 28.9 Å². The van der Waals surface area contributed by atoms with E-state index in [2.05, 4.69) is 11.1 Å². The normalized spacial score (nSPS) is 13.7. The molecule has 1 saturated heterocycles. The first-order valence-electron chi connectivity index (χ1n) is 12.7. The van der Waals surface area contributed by atoms with Gasteiger partial charge in [-0.2, -0.15) is 5.26 Å². The maximum Gasteiger partial charge on any atom is 0.272 e. The van der Waals surface area contributed by atoms with Crippen LogP contribution >= 0.6 is 0 Å². The number of ether oxygens (including phenoxy) is 3. The minimum Gasteiger partial charge on any atom is -0.496 e. The summed E-state index contributed by atoms with van der Waals surface area (Å²) in [6, 6.07) is 17.1. The third kappa shape index (κ3) is 5.43. The molecule has 200 valence electrons. The summed E-state index contributed by atoms with van der Waals surface area (Å²) in [6.07, 6.45) is 3.18. The summed E-state index contributed by atoms with van der Waals surface area (Å²) >= 11 is 0. The summed E-state index contributed by atoms with van der Waals surface area (Å²) in [5.74, 6) is 1.21. The average Bonchev–Trinajstić information content (AvgIpc) is 3.42. The molecule has 5 rings (SSSR count). The molecule has 0 bridgehead atoms. The number of aliphatic hydroxyl groups excluding tert-OH is 1. The van der Waals surface area contributed by atoms with Gasteiger partial charge >= 0.3 is 0 Å². The van der Waals surface area contributed by atoms with E-state index in [4.69, 9.17) is 23.7 Å². The number of pyridine rings is 1. The second kappa shape index (κ2) is 11.6. The van der Waals surface area contributed by atoms with E-state index in [1.54, 1.807) is 19.3 Å². The summed E-state index contributed by atoms with van der Waals surface area (Å²) in [6.45, 7) is 1.38. The highest BCUT2D eigenvalue weighted by atomic mass is 16.5. The molecule has 0 spiro atoms. The van der Waals surface area contributed by atoms with Gasteiger partial charge in [-0.15, -0.1) is 0 Å². The topological polar surface area (TPSA) is 118 Å². The highest BCUT2D eigenvalue weighted by molar-refractivity contribution is 5.96. The molecule has 2 aromatic carbocycles. The number of amides is 1. The molecule has 4 aromatic rings. The summed E-state index contributed by atoms with van der Waals surface area (Å²) in [7, 11) is 3.12. The lowest BCUT2D eigenvalue weighted by Crippen LogP contribution is -2.30. The number of nitrogens with zero attached hydrogens (tertiary/aromatic N) is 3. The third-order valence-electron chi connectivity index (χ3n) is 6.77. The number of fused-ring (bicyclic) bond motifs is 1. The SMILES string of the molecule is COc1cc(C(=O)N(C)CCO)ncc1-c1cc2cccc(-c3ccc(OC4CCOCC4)c(C#N)c3)c2o1. The summed E-state index contributed by atoms with van der Waals surface area (Å²) in [5.41, 5.74) is 3.57. The van der Waals surface area contributed by atoms with Crippen LogP contribution in [0.2, 0.25) is 0 Å². The Labute approximate surface area is 226 Å². The van der Waals surface area contributed by atoms with Crippen molar-refractivity contribution in [1.29, 1.82) is 5.26 Å². The maximum absolute atomic E-state index is 12.6. The minimum absolute atomic E-state index is 0.0353. The Hall–Kier alpha value is -4.39. The Morgan fingerprint density at radius 2 is 1.97 bits per heavy atom. The van der Waals surface area contributed by atoms with Crippen LogP contribution in [-0.2, 0) is 4.74 Å². The van der Waals surface area contributed by atoms with Crippen molar-refractivity contribution in [2.75, 3.05) is 40.5 Å². The number of furan rings is 1. The van der Waals surface area contributed by atoms with Crippen LogP contribution in [-0.4, -0.2) is 67.5 Å². The van der Waals surface area contributed by atoms with Gasteiger partial charge in [0, 0.05) is 49.6 Å². The minimum atomic E-state index is -0.321. The highest BCUT2D eigenvalue weighted by Crippen LogP contribution is 2.39. The molecule has 0 unspecified atom stereocenters. The lowest BCUT2D eigenvalue weighted by atomic mass is 10.0. The first-order chi connectivity index (χ1) is 19.0. The van der Waals surface area contributed by atoms with Gasteiger partial charge in [0.05, 0.1) is 38.1 Å². The molecule has 1 aliphatic heterocycles. The van der Waals surface area contributed by atoms with Crippen LogP contribution in [0.4, 0.5) is 0 Å². The van der Waals surface area contributed by atoms with Crippen molar-refractivity contribution in [3.63, 3.8) is 0 Å². The fraction of sp³-hybridized carbons (Fsp3) is 0.300. The zero-order valence-corrected chi connectivity index (χ0v) is 21.8. The highest BCUT2D eigenvalue weighted by Gasteiger charge is 2.21. The molecule has 0 atom stereocenters. The Bertz CT molecular complexity index is 1530. The van der Waals surface area contributed by atoms with Crippen molar-refractivity contribution in [3.8, 4) is 40.0 Å². The molecule has 9 nitrogen and oxygen atoms in total. The molecular weight excluding hydrogens is 498 g/mol. The zero-order chi connectivity index (χ0) is 27.4. The Morgan fingerprint density at radius 1 is 1.15 bits per heavy atom. The molecule has 0 aliphatic carbocycles. The van der Waals surface area contributed by atoms with Crippen molar-refractivity contribution in [3.05, 3.63) is 66.0 Å². The first kappa shape index (κ1) is 26.2. The third-order valence-corrected chi connectivity index (χ3v) is 6.77. The standard InChI is InChI=1S/C30H29N3O6/c1-33(10-11-34)30(35)25-16-27(36-2)24(18-32-25)28-15-20-4-3-5-23(29(20)39-28)19-6-7-26(21(14-19)17-31)38-22-8-12-37-13-9-22/h3-7,14-16,18,22,34H,8-13H2,1-2H3. The molecule has 9 heteroatoms. The molecule has 39 heavy (non-hydrogen) atoms. The van der Waals surface area contributed by atoms with Crippen LogP contribution in [0.3, 0.4) is 0 Å². The van der Waals surface area contributed by atoms with E-state index in [1.165, 1.54) is 12.0 Å². The number of para-hydroxylation sites is 1. The van der Waals surface area contributed by atoms with Crippen LogP contribution in [0.25, 0.3) is 33.4 Å². The van der Waals surface area contributed by atoms with Crippen LogP contribution in [0, 0.1) is 11.3 Å². The Kier molecular flexibility index (Phi) is 7.77. The van der Waals surface area contributed by atoms with Gasteiger partial charge in [-0.3, -0.25) is 9.78 Å². The molecular formula is C30H29N3O6. The lowest BCUT2D eigenvalue weighted by Gasteiger charge is -2.23. The molecule has 1 aliphatic rings. The fourth-order valence-electron chi connectivity index (χ4n) is 4.64. The van der Waals surface area contributed by atoms with Crippen molar-refractivity contribution < 1.29 is 28.5 Å². The number of carbonyl (C=O) groups excluding carboxylic acids is 1. The van der Waals surface area contributed by atoms with Gasteiger partial charge < -0.3 is 28.6 Å². The second-order valence-electron chi connectivity index (χ2n) is 9.31. The number of aromatic nitrogens is 1. The van der Waals surface area contributed by atoms with Gasteiger partial charge in [0.25, 0.3) is 5.91 Å². The number of methoxy groups -OCH3 is 1. The van der Waals surface area contributed by atoms with Crippen LogP contribution < -0.4 is 9.47 Å². The van der Waals surface area contributed by atoms with Crippen LogP contribution in [0.15, 0.2) is 59.1 Å². The van der Waals surface area contributed by atoms with Gasteiger partial charge in [-0.25, -0.2) is 0 Å². The lowest BCUT2D eigenvalue weighted by molar-refractivity contribution is 0.0254. The Morgan fingerprint density at radius 3 is 2.72 bits per heavy atom. The van der Waals surface area contributed by atoms with Gasteiger partial charge in [0.2, 0.25) is 0 Å². The number of aliphatic hydroxyl groups is 1. The van der Waals surface area contributed by atoms with E-state index >= 15 is 0 Å². The van der Waals surface area contributed by atoms with E-state index < -0.39 is 0 Å². The van der Waals surface area contributed by atoms with Crippen molar-refractivity contribution in [1.82, 2.24) is 9.88 Å². The quantitative estimate of drug-likeness (QED) is 0.351. The number of rotatable bonds is 8. The number of hydrogen-bond acceptors (Lipinski definition) is 8. The second-order valence-corrected chi connectivity index (χ2v) is 9.31. The van der Waals surface area contributed by atoms with Crippen molar-refractivity contribution >= 4 is 16.9 Å². The largest absolute Gasteiger partial charge is 0.496 e. The Balaban J connectivity index is 1.48. The molecule has 1 amide bonds. The molecule has 0 radical (unpaired) electrons. The number of benzene rings is 2. The molecule has 2 aromatic heterocycles. The first-order valence-corrected chi connectivity index (χ1v) is 12.7. The maximum atomic E-state index is 12.6. The monoisotopic (exact) mass is 527 g/mol. The smallest absolute Gasteiger partial charge is 0.272 e. The van der Waals surface area contributed by atoms with E-state index in [0.29, 0.717) is 47.2 Å². The van der Waals surface area contributed by atoms with Gasteiger partial charge in [0.15, 0.2) is 0 Å².